The summed E-state index contributed by atoms with van der Waals surface area (Å²) in [6, 6.07) is 5.06. The van der Waals surface area contributed by atoms with Gasteiger partial charge in [-0.05, 0) is 31.5 Å². The second-order valence-corrected chi connectivity index (χ2v) is 6.12. The van der Waals surface area contributed by atoms with Gasteiger partial charge in [0.2, 0.25) is 0 Å². The lowest BCUT2D eigenvalue weighted by Gasteiger charge is -2.38. The Labute approximate surface area is 127 Å². The predicted molar refractivity (Wildman–Crippen MR) is 85.5 cm³/mol. The highest BCUT2D eigenvalue weighted by molar-refractivity contribution is 5.38. The first-order valence-corrected chi connectivity index (χ1v) is 8.39. The van der Waals surface area contributed by atoms with E-state index in [1.54, 1.807) is 0 Å². The molecule has 1 saturated carbocycles. The van der Waals surface area contributed by atoms with Crippen molar-refractivity contribution in [3.05, 3.63) is 17.8 Å². The van der Waals surface area contributed by atoms with Crippen molar-refractivity contribution in [3.8, 4) is 0 Å². The van der Waals surface area contributed by atoms with Gasteiger partial charge < -0.3 is 10.2 Å². The molecular formula is C16H27N5. The molecule has 0 amide bonds. The van der Waals surface area contributed by atoms with Gasteiger partial charge in [0.1, 0.15) is 0 Å². The molecule has 2 heterocycles. The molecule has 1 aromatic heterocycles. The summed E-state index contributed by atoms with van der Waals surface area (Å²) in [5, 5.41) is 12.0. The summed E-state index contributed by atoms with van der Waals surface area (Å²) >= 11 is 0. The third-order valence-electron chi connectivity index (χ3n) is 4.74. The van der Waals surface area contributed by atoms with E-state index in [1.807, 2.05) is 0 Å². The van der Waals surface area contributed by atoms with Gasteiger partial charge in [-0.3, -0.25) is 4.90 Å². The van der Waals surface area contributed by atoms with Crippen molar-refractivity contribution < 1.29 is 0 Å². The van der Waals surface area contributed by atoms with Crippen LogP contribution in [0.15, 0.2) is 12.1 Å². The van der Waals surface area contributed by atoms with Crippen LogP contribution in [-0.2, 0) is 6.54 Å². The second kappa shape index (κ2) is 7.18. The van der Waals surface area contributed by atoms with Crippen LogP contribution in [-0.4, -0.2) is 53.9 Å². The molecule has 3 rings (SSSR count). The Morgan fingerprint density at radius 3 is 2.48 bits per heavy atom. The van der Waals surface area contributed by atoms with Gasteiger partial charge in [0, 0.05) is 38.8 Å². The molecule has 1 aromatic rings. The largest absolute Gasteiger partial charge is 0.353 e. The molecule has 1 N–H and O–H groups in total. The Morgan fingerprint density at radius 1 is 1.10 bits per heavy atom. The average Bonchev–Trinajstić information content (AvgIpc) is 3.08. The molecule has 1 aliphatic heterocycles. The molecule has 0 unspecified atom stereocenters. The second-order valence-electron chi connectivity index (χ2n) is 6.12. The van der Waals surface area contributed by atoms with Crippen molar-refractivity contribution in [2.45, 2.75) is 45.2 Å². The fraction of sp³-hybridized carbons (Fsp3) is 0.750. The van der Waals surface area contributed by atoms with Crippen LogP contribution in [0.2, 0.25) is 0 Å². The zero-order chi connectivity index (χ0) is 14.5. The van der Waals surface area contributed by atoms with Crippen molar-refractivity contribution in [1.29, 1.82) is 0 Å². The van der Waals surface area contributed by atoms with Gasteiger partial charge in [-0.15, -0.1) is 5.10 Å². The molecular weight excluding hydrogens is 262 g/mol. The van der Waals surface area contributed by atoms with Crippen molar-refractivity contribution in [3.63, 3.8) is 0 Å². The van der Waals surface area contributed by atoms with E-state index in [2.05, 4.69) is 44.4 Å². The quantitative estimate of drug-likeness (QED) is 0.893. The van der Waals surface area contributed by atoms with Gasteiger partial charge >= 0.3 is 0 Å². The molecule has 0 radical (unpaired) electrons. The molecule has 0 spiro atoms. The first kappa shape index (κ1) is 14.7. The van der Waals surface area contributed by atoms with E-state index in [0.717, 1.165) is 43.7 Å². The van der Waals surface area contributed by atoms with Gasteiger partial charge in [0.05, 0.1) is 5.69 Å². The molecule has 0 atom stereocenters. The highest BCUT2D eigenvalue weighted by Gasteiger charge is 2.26. The molecule has 21 heavy (non-hydrogen) atoms. The van der Waals surface area contributed by atoms with Crippen molar-refractivity contribution in [2.75, 3.05) is 37.6 Å². The normalized spacial score (nSPS) is 21.1. The number of hydrogen-bond acceptors (Lipinski definition) is 5. The molecule has 5 heteroatoms. The highest BCUT2D eigenvalue weighted by atomic mass is 15.3. The smallest absolute Gasteiger partial charge is 0.151 e. The minimum Gasteiger partial charge on any atom is -0.353 e. The average molecular weight is 289 g/mol. The monoisotopic (exact) mass is 289 g/mol. The molecule has 5 nitrogen and oxygen atoms in total. The Bertz CT molecular complexity index is 419. The van der Waals surface area contributed by atoms with Gasteiger partial charge in [-0.2, -0.15) is 5.10 Å². The summed E-state index contributed by atoms with van der Waals surface area (Å²) in [5.74, 6) is 1.03. The molecule has 2 fully saturated rings. The van der Waals surface area contributed by atoms with Crippen molar-refractivity contribution >= 4 is 5.82 Å². The van der Waals surface area contributed by atoms with E-state index in [4.69, 9.17) is 0 Å². The number of piperazine rings is 1. The van der Waals surface area contributed by atoms with E-state index < -0.39 is 0 Å². The summed E-state index contributed by atoms with van der Waals surface area (Å²) in [6.45, 7) is 8.38. The number of anilines is 1. The van der Waals surface area contributed by atoms with Crippen molar-refractivity contribution in [2.24, 2.45) is 0 Å². The topological polar surface area (TPSA) is 44.3 Å². The number of rotatable bonds is 5. The third kappa shape index (κ3) is 3.71. The maximum Gasteiger partial charge on any atom is 0.151 e. The van der Waals surface area contributed by atoms with Crippen LogP contribution in [0.5, 0.6) is 0 Å². The van der Waals surface area contributed by atoms with Crippen LogP contribution in [0.1, 0.15) is 38.3 Å². The third-order valence-corrected chi connectivity index (χ3v) is 4.74. The summed E-state index contributed by atoms with van der Waals surface area (Å²) < 4.78 is 0. The standard InChI is InChI=1S/C16H27N5/c1-2-17-13-14-7-8-16(19-18-14)21-11-9-20(10-12-21)15-5-3-4-6-15/h7-8,15,17H,2-6,9-13H2,1H3. The molecule has 1 aliphatic carbocycles. The summed E-state index contributed by atoms with van der Waals surface area (Å²) in [6.07, 6.45) is 5.64. The van der Waals surface area contributed by atoms with E-state index in [0.29, 0.717) is 0 Å². The van der Waals surface area contributed by atoms with Crippen LogP contribution in [0, 0.1) is 0 Å². The van der Waals surface area contributed by atoms with Gasteiger partial charge in [-0.25, -0.2) is 0 Å². The zero-order valence-corrected chi connectivity index (χ0v) is 13.1. The number of hydrogen-bond donors (Lipinski definition) is 1. The molecule has 1 saturated heterocycles. The molecule has 0 bridgehead atoms. The lowest BCUT2D eigenvalue weighted by atomic mass is 10.2. The fourth-order valence-electron chi connectivity index (χ4n) is 3.45. The summed E-state index contributed by atoms with van der Waals surface area (Å²) in [5.41, 5.74) is 1.02. The zero-order valence-electron chi connectivity index (χ0n) is 13.1. The van der Waals surface area contributed by atoms with Crippen LogP contribution in [0.3, 0.4) is 0 Å². The number of aromatic nitrogens is 2. The lowest BCUT2D eigenvalue weighted by molar-refractivity contribution is 0.187. The lowest BCUT2D eigenvalue weighted by Crippen LogP contribution is -2.50. The molecule has 116 valence electrons. The maximum absolute atomic E-state index is 4.40. The Kier molecular flexibility index (Phi) is 5.04. The van der Waals surface area contributed by atoms with Crippen molar-refractivity contribution in [1.82, 2.24) is 20.4 Å². The number of nitrogens with zero attached hydrogens (tertiary/aromatic N) is 4. The Morgan fingerprint density at radius 2 is 1.86 bits per heavy atom. The maximum atomic E-state index is 4.40. The fourth-order valence-corrected chi connectivity index (χ4v) is 3.45. The van der Waals surface area contributed by atoms with Crippen LogP contribution in [0.25, 0.3) is 0 Å². The first-order valence-electron chi connectivity index (χ1n) is 8.39. The summed E-state index contributed by atoms with van der Waals surface area (Å²) in [4.78, 5) is 5.05. The minimum absolute atomic E-state index is 0.805. The molecule has 0 aromatic carbocycles. The van der Waals surface area contributed by atoms with Gasteiger partial charge in [-0.1, -0.05) is 19.8 Å². The first-order chi connectivity index (χ1) is 10.4. The van der Waals surface area contributed by atoms with Crippen LogP contribution >= 0.6 is 0 Å². The van der Waals surface area contributed by atoms with E-state index >= 15 is 0 Å². The van der Waals surface area contributed by atoms with E-state index in [-0.39, 0.29) is 0 Å². The van der Waals surface area contributed by atoms with Gasteiger partial charge in [0.25, 0.3) is 0 Å². The highest BCUT2D eigenvalue weighted by Crippen LogP contribution is 2.25. The molecule has 2 aliphatic rings. The Balaban J connectivity index is 1.51. The van der Waals surface area contributed by atoms with E-state index in [9.17, 15) is 0 Å². The number of nitrogens with one attached hydrogen (secondary N) is 1. The predicted octanol–water partition coefficient (Wildman–Crippen LogP) is 1.65. The van der Waals surface area contributed by atoms with Crippen LogP contribution in [0.4, 0.5) is 5.82 Å². The van der Waals surface area contributed by atoms with Crippen LogP contribution < -0.4 is 10.2 Å². The van der Waals surface area contributed by atoms with E-state index in [1.165, 1.54) is 38.8 Å². The minimum atomic E-state index is 0.805. The van der Waals surface area contributed by atoms with Gasteiger partial charge in [0.15, 0.2) is 5.82 Å². The SMILES string of the molecule is CCNCc1ccc(N2CCN(C3CCCC3)CC2)nn1. The Hall–Kier alpha value is -1.20. The summed E-state index contributed by atoms with van der Waals surface area (Å²) in [7, 11) is 0.